The first-order valence-corrected chi connectivity index (χ1v) is 6.59. The summed E-state index contributed by atoms with van der Waals surface area (Å²) in [5.41, 5.74) is 2.01. The fraction of sp³-hybridized carbons (Fsp3) is 0.533. The second-order valence-corrected chi connectivity index (χ2v) is 5.32. The lowest BCUT2D eigenvalue weighted by atomic mass is 10.0. The number of rotatable bonds is 5. The van der Waals surface area contributed by atoms with Crippen molar-refractivity contribution in [3.8, 4) is 0 Å². The van der Waals surface area contributed by atoms with Gasteiger partial charge in [0.25, 0.3) is 0 Å². The van der Waals surface area contributed by atoms with Crippen LogP contribution in [0.4, 0.5) is 5.69 Å². The number of ether oxygens (including phenoxy) is 1. The molecule has 98 valence electrons. The Labute approximate surface area is 109 Å². The lowest BCUT2D eigenvalue weighted by Gasteiger charge is -2.21. The zero-order valence-electron chi connectivity index (χ0n) is 11.3. The van der Waals surface area contributed by atoms with Crippen molar-refractivity contribution in [1.29, 1.82) is 0 Å². The number of nitrogens with one attached hydrogen (secondary N) is 1. The third-order valence-corrected chi connectivity index (χ3v) is 3.84. The van der Waals surface area contributed by atoms with Gasteiger partial charge in [-0.25, -0.2) is 4.79 Å². The van der Waals surface area contributed by atoms with Crippen LogP contribution < -0.4 is 5.32 Å². The van der Waals surface area contributed by atoms with Gasteiger partial charge in [0, 0.05) is 11.7 Å². The van der Waals surface area contributed by atoms with Crippen LogP contribution in [0.5, 0.6) is 0 Å². The molecular weight excluding hydrogens is 226 g/mol. The third kappa shape index (κ3) is 2.84. The lowest BCUT2D eigenvalue weighted by molar-refractivity contribution is 0.0526. The van der Waals surface area contributed by atoms with Crippen LogP contribution in [0.15, 0.2) is 24.3 Å². The fourth-order valence-corrected chi connectivity index (χ4v) is 2.00. The van der Waals surface area contributed by atoms with Crippen LogP contribution in [0.2, 0.25) is 0 Å². The SMILES string of the molecule is CCOC(=O)c1cccc(NC(C)C2(C)CC2)c1. The molecule has 1 aromatic carbocycles. The average molecular weight is 247 g/mol. The number of carbonyl (C=O) groups is 1. The van der Waals surface area contributed by atoms with Gasteiger partial charge in [-0.2, -0.15) is 0 Å². The predicted octanol–water partition coefficient (Wildman–Crippen LogP) is 3.46. The topological polar surface area (TPSA) is 38.3 Å². The number of anilines is 1. The van der Waals surface area contributed by atoms with Gasteiger partial charge in [0.15, 0.2) is 0 Å². The van der Waals surface area contributed by atoms with Gasteiger partial charge >= 0.3 is 5.97 Å². The molecule has 1 unspecified atom stereocenters. The number of hydrogen-bond acceptors (Lipinski definition) is 3. The van der Waals surface area contributed by atoms with Crippen molar-refractivity contribution in [3.05, 3.63) is 29.8 Å². The monoisotopic (exact) mass is 247 g/mol. The highest BCUT2D eigenvalue weighted by Crippen LogP contribution is 2.48. The summed E-state index contributed by atoms with van der Waals surface area (Å²) in [6.07, 6.45) is 2.55. The van der Waals surface area contributed by atoms with E-state index in [1.807, 2.05) is 25.1 Å². The van der Waals surface area contributed by atoms with Crippen LogP contribution in [0.25, 0.3) is 0 Å². The number of hydrogen-bond donors (Lipinski definition) is 1. The summed E-state index contributed by atoms with van der Waals surface area (Å²) in [7, 11) is 0. The Kier molecular flexibility index (Phi) is 3.60. The smallest absolute Gasteiger partial charge is 0.338 e. The van der Waals surface area contributed by atoms with Crippen LogP contribution in [-0.2, 0) is 4.74 Å². The van der Waals surface area contributed by atoms with Crippen molar-refractivity contribution >= 4 is 11.7 Å². The van der Waals surface area contributed by atoms with Crippen LogP contribution >= 0.6 is 0 Å². The van der Waals surface area contributed by atoms with Crippen molar-refractivity contribution in [2.75, 3.05) is 11.9 Å². The summed E-state index contributed by atoms with van der Waals surface area (Å²) in [6.45, 7) is 6.71. The molecule has 0 bridgehead atoms. The molecule has 0 aromatic heterocycles. The number of carbonyl (C=O) groups excluding carboxylic acids is 1. The minimum absolute atomic E-state index is 0.258. The van der Waals surface area contributed by atoms with E-state index in [0.717, 1.165) is 5.69 Å². The molecular formula is C15H21NO2. The Morgan fingerprint density at radius 3 is 2.83 bits per heavy atom. The largest absolute Gasteiger partial charge is 0.462 e. The molecule has 3 heteroatoms. The van der Waals surface area contributed by atoms with E-state index in [0.29, 0.717) is 23.6 Å². The first-order chi connectivity index (χ1) is 8.55. The second kappa shape index (κ2) is 5.01. The highest BCUT2D eigenvalue weighted by atomic mass is 16.5. The van der Waals surface area contributed by atoms with E-state index in [9.17, 15) is 4.79 Å². The van der Waals surface area contributed by atoms with E-state index in [-0.39, 0.29) is 5.97 Å². The van der Waals surface area contributed by atoms with Crippen molar-refractivity contribution in [2.24, 2.45) is 5.41 Å². The van der Waals surface area contributed by atoms with E-state index in [4.69, 9.17) is 4.74 Å². The maximum Gasteiger partial charge on any atom is 0.338 e. The summed E-state index contributed by atoms with van der Waals surface area (Å²) < 4.78 is 5.00. The van der Waals surface area contributed by atoms with Gasteiger partial charge in [0.1, 0.15) is 0 Å². The van der Waals surface area contributed by atoms with Crippen molar-refractivity contribution < 1.29 is 9.53 Å². The molecule has 0 amide bonds. The van der Waals surface area contributed by atoms with E-state index in [1.165, 1.54) is 12.8 Å². The Morgan fingerprint density at radius 1 is 1.50 bits per heavy atom. The summed E-state index contributed by atoms with van der Waals surface area (Å²) >= 11 is 0. The first kappa shape index (κ1) is 12.9. The summed E-state index contributed by atoms with van der Waals surface area (Å²) in [5, 5.41) is 3.47. The molecule has 1 saturated carbocycles. The average Bonchev–Trinajstić information content (AvgIpc) is 3.09. The molecule has 0 radical (unpaired) electrons. The standard InChI is InChI=1S/C15H21NO2/c1-4-18-14(17)12-6-5-7-13(10-12)16-11(2)15(3)8-9-15/h5-7,10-11,16H,4,8-9H2,1-3H3. The van der Waals surface area contributed by atoms with Gasteiger partial charge in [-0.05, 0) is 50.3 Å². The number of esters is 1. The van der Waals surface area contributed by atoms with E-state index < -0.39 is 0 Å². The Hall–Kier alpha value is -1.51. The van der Waals surface area contributed by atoms with E-state index in [2.05, 4.69) is 19.2 Å². The zero-order valence-corrected chi connectivity index (χ0v) is 11.3. The molecule has 1 aliphatic rings. The van der Waals surface area contributed by atoms with Crippen LogP contribution in [-0.4, -0.2) is 18.6 Å². The lowest BCUT2D eigenvalue weighted by Crippen LogP contribution is -2.25. The molecule has 1 aliphatic carbocycles. The first-order valence-electron chi connectivity index (χ1n) is 6.59. The maximum atomic E-state index is 11.6. The molecule has 1 atom stereocenters. The Bertz CT molecular complexity index is 438. The normalized spacial score (nSPS) is 17.9. The molecule has 0 spiro atoms. The highest BCUT2D eigenvalue weighted by molar-refractivity contribution is 5.90. The summed E-state index contributed by atoms with van der Waals surface area (Å²) in [6, 6.07) is 7.95. The van der Waals surface area contributed by atoms with Gasteiger partial charge in [-0.15, -0.1) is 0 Å². The minimum Gasteiger partial charge on any atom is -0.462 e. The molecule has 3 nitrogen and oxygen atoms in total. The van der Waals surface area contributed by atoms with Crippen LogP contribution in [0.3, 0.4) is 0 Å². The van der Waals surface area contributed by atoms with Crippen molar-refractivity contribution in [3.63, 3.8) is 0 Å². The molecule has 0 aliphatic heterocycles. The fourth-order valence-electron chi connectivity index (χ4n) is 2.00. The van der Waals surface area contributed by atoms with Gasteiger partial charge in [0.05, 0.1) is 12.2 Å². The Balaban J connectivity index is 2.05. The molecule has 0 saturated heterocycles. The van der Waals surface area contributed by atoms with Gasteiger partial charge in [-0.3, -0.25) is 0 Å². The molecule has 1 aromatic rings. The van der Waals surface area contributed by atoms with Crippen LogP contribution in [0.1, 0.15) is 44.0 Å². The molecule has 2 rings (SSSR count). The maximum absolute atomic E-state index is 11.6. The van der Waals surface area contributed by atoms with E-state index >= 15 is 0 Å². The van der Waals surface area contributed by atoms with Gasteiger partial charge < -0.3 is 10.1 Å². The molecule has 0 heterocycles. The highest BCUT2D eigenvalue weighted by Gasteiger charge is 2.42. The summed E-state index contributed by atoms with van der Waals surface area (Å²) in [4.78, 5) is 11.6. The molecule has 1 N–H and O–H groups in total. The van der Waals surface area contributed by atoms with Crippen molar-refractivity contribution in [2.45, 2.75) is 39.7 Å². The van der Waals surface area contributed by atoms with E-state index in [1.54, 1.807) is 6.07 Å². The molecule has 1 fully saturated rings. The summed E-state index contributed by atoms with van der Waals surface area (Å²) in [5.74, 6) is -0.258. The second-order valence-electron chi connectivity index (χ2n) is 5.32. The third-order valence-electron chi connectivity index (χ3n) is 3.84. The predicted molar refractivity (Wildman–Crippen MR) is 72.8 cm³/mol. The minimum atomic E-state index is -0.258. The zero-order chi connectivity index (χ0) is 13.2. The van der Waals surface area contributed by atoms with Gasteiger partial charge in [-0.1, -0.05) is 13.0 Å². The van der Waals surface area contributed by atoms with Crippen molar-refractivity contribution in [1.82, 2.24) is 0 Å². The number of benzene rings is 1. The van der Waals surface area contributed by atoms with Gasteiger partial charge in [0.2, 0.25) is 0 Å². The molecule has 18 heavy (non-hydrogen) atoms. The quantitative estimate of drug-likeness (QED) is 0.810. The van der Waals surface area contributed by atoms with Crippen LogP contribution in [0, 0.1) is 5.41 Å². The Morgan fingerprint density at radius 2 is 2.22 bits per heavy atom.